The van der Waals surface area contributed by atoms with Crippen molar-refractivity contribution in [3.8, 4) is 0 Å². The van der Waals surface area contributed by atoms with Gasteiger partial charge in [-0.05, 0) is 56.0 Å². The second kappa shape index (κ2) is 13.1. The van der Waals surface area contributed by atoms with Crippen LogP contribution < -0.4 is 10.6 Å². The van der Waals surface area contributed by atoms with Gasteiger partial charge in [-0.1, -0.05) is 32.1 Å². The number of aromatic nitrogens is 4. The van der Waals surface area contributed by atoms with Gasteiger partial charge in [-0.25, -0.2) is 4.98 Å². The summed E-state index contributed by atoms with van der Waals surface area (Å²) in [5.41, 5.74) is 4.33. The highest BCUT2D eigenvalue weighted by Crippen LogP contribution is 2.27. The van der Waals surface area contributed by atoms with E-state index in [1.54, 1.807) is 6.20 Å². The number of pyridine rings is 2. The number of nitrogens with zero attached hydrogens (tertiary/aromatic N) is 5. The zero-order chi connectivity index (χ0) is 27.0. The number of fused-ring (bicyclic) bond motifs is 1. The van der Waals surface area contributed by atoms with Crippen molar-refractivity contribution in [2.45, 2.75) is 64.5 Å². The van der Waals surface area contributed by atoms with Gasteiger partial charge in [0.2, 0.25) is 0 Å². The standard InChI is InChI=1S/C30H40N8O/c1-21(2)38-19-26(20-38)39-11-10-32-17-25(15-31)24-14-28-27(33-18-24)8-9-29(35-28)36-30-13-23(16-34-37-30)12-22-6-4-3-5-7-22/h8-9,13-18,21-22,26,31-32H,3-7,10-12,19-20H2,1-2H3,(H,35,36,37)/b25-17+,31-15?. The lowest BCUT2D eigenvalue weighted by Gasteiger charge is -2.41. The predicted molar refractivity (Wildman–Crippen MR) is 156 cm³/mol. The molecule has 9 nitrogen and oxygen atoms in total. The van der Waals surface area contributed by atoms with Crippen LogP contribution in [0.5, 0.6) is 0 Å². The van der Waals surface area contributed by atoms with Gasteiger partial charge in [0.15, 0.2) is 5.82 Å². The lowest BCUT2D eigenvalue weighted by molar-refractivity contribution is -0.0645. The summed E-state index contributed by atoms with van der Waals surface area (Å²) in [7, 11) is 0. The molecule has 4 heterocycles. The van der Waals surface area contributed by atoms with E-state index in [0.29, 0.717) is 36.9 Å². The van der Waals surface area contributed by atoms with E-state index in [1.165, 1.54) is 43.9 Å². The van der Waals surface area contributed by atoms with Crippen LogP contribution in [0.3, 0.4) is 0 Å². The molecule has 9 heteroatoms. The normalized spacial score (nSPS) is 17.4. The minimum Gasteiger partial charge on any atom is -0.388 e. The molecule has 39 heavy (non-hydrogen) atoms. The third kappa shape index (κ3) is 7.36. The Labute approximate surface area is 231 Å². The number of hydrogen-bond acceptors (Lipinski definition) is 9. The molecule has 0 atom stereocenters. The Morgan fingerprint density at radius 1 is 1.10 bits per heavy atom. The second-order valence-electron chi connectivity index (χ2n) is 11.0. The molecule has 1 aliphatic carbocycles. The van der Waals surface area contributed by atoms with Gasteiger partial charge in [0, 0.05) is 55.4 Å². The Hall–Kier alpha value is -3.43. The number of nitrogens with one attached hydrogen (secondary N) is 3. The fourth-order valence-corrected chi connectivity index (χ4v) is 5.34. The lowest BCUT2D eigenvalue weighted by Crippen LogP contribution is -2.55. The van der Waals surface area contributed by atoms with Crippen molar-refractivity contribution >= 4 is 34.5 Å². The van der Waals surface area contributed by atoms with Gasteiger partial charge >= 0.3 is 0 Å². The van der Waals surface area contributed by atoms with Crippen molar-refractivity contribution in [1.29, 1.82) is 5.41 Å². The molecule has 3 N–H and O–H groups in total. The molecule has 0 spiro atoms. The monoisotopic (exact) mass is 528 g/mol. The number of rotatable bonds is 12. The molecule has 2 aliphatic rings. The third-order valence-corrected chi connectivity index (χ3v) is 7.71. The number of hydrogen-bond donors (Lipinski definition) is 3. The molecule has 0 unspecified atom stereocenters. The van der Waals surface area contributed by atoms with Gasteiger partial charge in [0.1, 0.15) is 5.82 Å². The van der Waals surface area contributed by atoms with Crippen LogP contribution in [0, 0.1) is 11.3 Å². The average Bonchev–Trinajstić information content (AvgIpc) is 2.92. The van der Waals surface area contributed by atoms with Gasteiger partial charge in [-0.2, -0.15) is 5.10 Å². The fraction of sp³-hybridized carbons (Fsp3) is 0.500. The zero-order valence-electron chi connectivity index (χ0n) is 23.1. The first-order chi connectivity index (χ1) is 19.1. The van der Waals surface area contributed by atoms with Crippen molar-refractivity contribution in [1.82, 2.24) is 30.4 Å². The Balaban J connectivity index is 1.18. The van der Waals surface area contributed by atoms with Crippen LogP contribution in [0.2, 0.25) is 0 Å². The van der Waals surface area contributed by atoms with E-state index >= 15 is 0 Å². The van der Waals surface area contributed by atoms with Crippen LogP contribution in [0.25, 0.3) is 16.6 Å². The smallest absolute Gasteiger partial charge is 0.154 e. The van der Waals surface area contributed by atoms with E-state index in [-0.39, 0.29) is 0 Å². The van der Waals surface area contributed by atoms with Crippen molar-refractivity contribution in [2.24, 2.45) is 5.92 Å². The predicted octanol–water partition coefficient (Wildman–Crippen LogP) is 4.98. The summed E-state index contributed by atoms with van der Waals surface area (Å²) < 4.78 is 5.92. The molecule has 1 saturated carbocycles. The van der Waals surface area contributed by atoms with E-state index in [1.807, 2.05) is 30.6 Å². The molecule has 0 bridgehead atoms. The van der Waals surface area contributed by atoms with Gasteiger partial charge in [-0.3, -0.25) is 9.88 Å². The van der Waals surface area contributed by atoms with E-state index in [9.17, 15) is 0 Å². The van der Waals surface area contributed by atoms with Gasteiger partial charge in [0.05, 0.1) is 29.9 Å². The first kappa shape index (κ1) is 27.1. The van der Waals surface area contributed by atoms with Crippen LogP contribution in [-0.2, 0) is 11.2 Å². The molecule has 0 radical (unpaired) electrons. The summed E-state index contributed by atoms with van der Waals surface area (Å²) in [5.74, 6) is 2.13. The van der Waals surface area contributed by atoms with E-state index in [2.05, 4.69) is 50.6 Å². The molecule has 206 valence electrons. The molecule has 0 aromatic carbocycles. The van der Waals surface area contributed by atoms with Crippen LogP contribution in [0.4, 0.5) is 11.6 Å². The molecular weight excluding hydrogens is 488 g/mol. The minimum absolute atomic E-state index is 0.323. The van der Waals surface area contributed by atoms with Crippen LogP contribution in [-0.4, -0.2) is 69.7 Å². The molecule has 3 aromatic rings. The minimum atomic E-state index is 0.323. The van der Waals surface area contributed by atoms with Crippen molar-refractivity contribution in [3.63, 3.8) is 0 Å². The van der Waals surface area contributed by atoms with Crippen LogP contribution >= 0.6 is 0 Å². The Morgan fingerprint density at radius 2 is 1.95 bits per heavy atom. The molecule has 0 amide bonds. The van der Waals surface area contributed by atoms with E-state index in [4.69, 9.17) is 15.1 Å². The quantitative estimate of drug-likeness (QED) is 0.223. The lowest BCUT2D eigenvalue weighted by atomic mass is 9.85. The number of anilines is 2. The maximum atomic E-state index is 7.91. The average molecular weight is 529 g/mol. The van der Waals surface area contributed by atoms with Crippen LogP contribution in [0.15, 0.2) is 42.9 Å². The number of likely N-dealkylation sites (tertiary alicyclic amines) is 1. The van der Waals surface area contributed by atoms with E-state index < -0.39 is 0 Å². The van der Waals surface area contributed by atoms with E-state index in [0.717, 1.165) is 47.6 Å². The highest BCUT2D eigenvalue weighted by atomic mass is 16.5. The van der Waals surface area contributed by atoms with Gasteiger partial charge in [-0.15, -0.1) is 5.10 Å². The first-order valence-corrected chi connectivity index (χ1v) is 14.2. The summed E-state index contributed by atoms with van der Waals surface area (Å²) in [5, 5.41) is 23.0. The summed E-state index contributed by atoms with van der Waals surface area (Å²) in [6.45, 7) is 7.75. The largest absolute Gasteiger partial charge is 0.388 e. The summed E-state index contributed by atoms with van der Waals surface area (Å²) in [6.07, 6.45) is 14.9. The maximum Gasteiger partial charge on any atom is 0.154 e. The SMILES string of the molecule is CC(C)N1CC(OCCN/C=C(\C=N)c2cnc3ccc(Nc4cc(CC5CCCCC5)cnn4)nc3c2)C1. The van der Waals surface area contributed by atoms with Gasteiger partial charge < -0.3 is 20.8 Å². The zero-order valence-corrected chi connectivity index (χ0v) is 23.1. The highest BCUT2D eigenvalue weighted by Gasteiger charge is 2.28. The summed E-state index contributed by atoms with van der Waals surface area (Å²) in [6, 6.07) is 8.47. The third-order valence-electron chi connectivity index (χ3n) is 7.71. The fourth-order valence-electron chi connectivity index (χ4n) is 5.34. The van der Waals surface area contributed by atoms with Crippen molar-refractivity contribution < 1.29 is 4.74 Å². The molecule has 1 saturated heterocycles. The molecular formula is C30H40N8O. The number of allylic oxidation sites excluding steroid dienone is 1. The second-order valence-corrected chi connectivity index (χ2v) is 11.0. The summed E-state index contributed by atoms with van der Waals surface area (Å²) in [4.78, 5) is 11.7. The Morgan fingerprint density at radius 3 is 2.74 bits per heavy atom. The topological polar surface area (TPSA) is 112 Å². The molecule has 2 fully saturated rings. The van der Waals surface area contributed by atoms with Crippen LogP contribution in [0.1, 0.15) is 57.1 Å². The van der Waals surface area contributed by atoms with Crippen molar-refractivity contribution in [2.75, 3.05) is 31.6 Å². The Kier molecular flexibility index (Phi) is 9.11. The maximum absolute atomic E-state index is 7.91. The highest BCUT2D eigenvalue weighted by molar-refractivity contribution is 6.08. The first-order valence-electron chi connectivity index (χ1n) is 14.2. The molecule has 5 rings (SSSR count). The van der Waals surface area contributed by atoms with Crippen molar-refractivity contribution in [3.05, 3.63) is 54.0 Å². The Bertz CT molecular complexity index is 1280. The molecule has 3 aromatic heterocycles. The number of ether oxygens (including phenoxy) is 1. The van der Waals surface area contributed by atoms with Gasteiger partial charge in [0.25, 0.3) is 0 Å². The molecule has 1 aliphatic heterocycles. The summed E-state index contributed by atoms with van der Waals surface area (Å²) >= 11 is 0.